The first kappa shape index (κ1) is 19.9. The molecule has 0 spiro atoms. The molecule has 2 atom stereocenters. The summed E-state index contributed by atoms with van der Waals surface area (Å²) in [7, 11) is 0. The molecule has 7 heteroatoms. The molecule has 1 aliphatic heterocycles. The van der Waals surface area contributed by atoms with E-state index in [0.29, 0.717) is 29.5 Å². The van der Waals surface area contributed by atoms with Crippen LogP contribution in [0.25, 0.3) is 0 Å². The van der Waals surface area contributed by atoms with Gasteiger partial charge in [0, 0.05) is 30.6 Å². The lowest BCUT2D eigenvalue weighted by atomic mass is 9.85. The van der Waals surface area contributed by atoms with E-state index in [2.05, 4.69) is 22.9 Å². The average molecular weight is 360 g/mol. The van der Waals surface area contributed by atoms with E-state index in [-0.39, 0.29) is 24.8 Å². The molecule has 0 saturated carbocycles. The molecule has 1 aromatic carbocycles. The molecule has 2 unspecified atom stereocenters. The molecular formula is C19H28N4O3. The van der Waals surface area contributed by atoms with E-state index in [4.69, 9.17) is 5.73 Å². The van der Waals surface area contributed by atoms with Crippen molar-refractivity contribution in [1.29, 1.82) is 0 Å². The predicted molar refractivity (Wildman–Crippen MR) is 101 cm³/mol. The first-order chi connectivity index (χ1) is 12.5. The van der Waals surface area contributed by atoms with Gasteiger partial charge in [0.05, 0.1) is 0 Å². The molecule has 3 amide bonds. The number of carbonyl (C=O) groups is 3. The molecule has 5 N–H and O–H groups in total. The van der Waals surface area contributed by atoms with Crippen LogP contribution in [0, 0.1) is 11.8 Å². The minimum Gasteiger partial charge on any atom is -0.370 e. The Morgan fingerprint density at radius 2 is 2.15 bits per heavy atom. The normalized spacial score (nSPS) is 18.0. The number of nitrogens with one attached hydrogen (secondary N) is 3. The van der Waals surface area contributed by atoms with Gasteiger partial charge in [0.2, 0.25) is 11.8 Å². The Labute approximate surface area is 154 Å². The lowest BCUT2D eigenvalue weighted by Gasteiger charge is -2.28. The van der Waals surface area contributed by atoms with Crippen molar-refractivity contribution >= 4 is 23.4 Å². The summed E-state index contributed by atoms with van der Waals surface area (Å²) in [4.78, 5) is 35.1. The van der Waals surface area contributed by atoms with E-state index < -0.39 is 5.91 Å². The van der Waals surface area contributed by atoms with Gasteiger partial charge in [-0.1, -0.05) is 13.0 Å². The first-order valence-corrected chi connectivity index (χ1v) is 9.13. The second-order valence-corrected chi connectivity index (χ2v) is 6.89. The highest BCUT2D eigenvalue weighted by molar-refractivity contribution is 5.97. The van der Waals surface area contributed by atoms with Gasteiger partial charge in [-0.05, 0) is 56.0 Å². The zero-order chi connectivity index (χ0) is 18.9. The Kier molecular flexibility index (Phi) is 7.59. The fourth-order valence-electron chi connectivity index (χ4n) is 3.18. The van der Waals surface area contributed by atoms with Crippen molar-refractivity contribution in [3.05, 3.63) is 29.8 Å². The van der Waals surface area contributed by atoms with Crippen molar-refractivity contribution in [1.82, 2.24) is 10.6 Å². The first-order valence-electron chi connectivity index (χ1n) is 9.13. The highest BCUT2D eigenvalue weighted by Crippen LogP contribution is 2.23. The number of rotatable bonds is 8. The van der Waals surface area contributed by atoms with Gasteiger partial charge in [-0.25, -0.2) is 0 Å². The standard InChI is InChI=1S/C19H28N4O3/c1-13(15-5-3-8-21-12-15)10-18(25)23-16-6-2-4-14(11-16)19(26)22-9-7-17(20)24/h2,4,6,11,13,15,21H,3,5,7-10,12H2,1H3,(H2,20,24)(H,22,26)(H,23,25). The van der Waals surface area contributed by atoms with Crippen LogP contribution in [0.4, 0.5) is 5.69 Å². The van der Waals surface area contributed by atoms with E-state index in [1.807, 2.05) is 0 Å². The quantitative estimate of drug-likeness (QED) is 0.559. The molecule has 1 saturated heterocycles. The Hall–Kier alpha value is -2.41. The van der Waals surface area contributed by atoms with Crippen LogP contribution in [0.3, 0.4) is 0 Å². The fraction of sp³-hybridized carbons (Fsp3) is 0.526. The maximum absolute atomic E-state index is 12.3. The Morgan fingerprint density at radius 1 is 1.35 bits per heavy atom. The Morgan fingerprint density at radius 3 is 2.85 bits per heavy atom. The van der Waals surface area contributed by atoms with Crippen LogP contribution in [-0.4, -0.2) is 37.4 Å². The van der Waals surface area contributed by atoms with Crippen LogP contribution in [0.2, 0.25) is 0 Å². The van der Waals surface area contributed by atoms with E-state index in [1.165, 1.54) is 0 Å². The van der Waals surface area contributed by atoms with Crippen LogP contribution < -0.4 is 21.7 Å². The number of hydrogen-bond donors (Lipinski definition) is 4. The lowest BCUT2D eigenvalue weighted by Crippen LogP contribution is -2.34. The SMILES string of the molecule is CC(CC(=O)Nc1cccc(C(=O)NCCC(N)=O)c1)C1CCCNC1. The molecule has 1 aromatic rings. The highest BCUT2D eigenvalue weighted by Gasteiger charge is 2.22. The van der Waals surface area contributed by atoms with Gasteiger partial charge in [0.25, 0.3) is 5.91 Å². The fourth-order valence-corrected chi connectivity index (χ4v) is 3.18. The van der Waals surface area contributed by atoms with Crippen molar-refractivity contribution in [3.8, 4) is 0 Å². The van der Waals surface area contributed by atoms with Gasteiger partial charge in [0.15, 0.2) is 0 Å². The number of hydrogen-bond acceptors (Lipinski definition) is 4. The molecule has 1 fully saturated rings. The van der Waals surface area contributed by atoms with Gasteiger partial charge in [-0.15, -0.1) is 0 Å². The minimum atomic E-state index is -0.464. The Balaban J connectivity index is 1.85. The van der Waals surface area contributed by atoms with Crippen LogP contribution in [-0.2, 0) is 9.59 Å². The van der Waals surface area contributed by atoms with E-state index in [0.717, 1.165) is 25.9 Å². The second kappa shape index (κ2) is 9.91. The third-order valence-electron chi connectivity index (χ3n) is 4.71. The summed E-state index contributed by atoms with van der Waals surface area (Å²) in [5, 5.41) is 8.87. The molecule has 1 heterocycles. The molecule has 1 aliphatic rings. The lowest BCUT2D eigenvalue weighted by molar-refractivity contribution is -0.118. The highest BCUT2D eigenvalue weighted by atomic mass is 16.2. The van der Waals surface area contributed by atoms with Crippen molar-refractivity contribution in [2.45, 2.75) is 32.6 Å². The molecule has 0 aromatic heterocycles. The zero-order valence-corrected chi connectivity index (χ0v) is 15.2. The zero-order valence-electron chi connectivity index (χ0n) is 15.2. The molecule has 0 aliphatic carbocycles. The number of benzene rings is 1. The van der Waals surface area contributed by atoms with Crippen LogP contribution in [0.1, 0.15) is 43.0 Å². The summed E-state index contributed by atoms with van der Waals surface area (Å²) in [6, 6.07) is 6.76. The smallest absolute Gasteiger partial charge is 0.251 e. The summed E-state index contributed by atoms with van der Waals surface area (Å²) in [6.07, 6.45) is 2.86. The summed E-state index contributed by atoms with van der Waals surface area (Å²) >= 11 is 0. The number of amides is 3. The predicted octanol–water partition coefficient (Wildman–Crippen LogP) is 1.26. The number of carbonyl (C=O) groups excluding carboxylic acids is 3. The molecule has 0 bridgehead atoms. The molecule has 2 rings (SSSR count). The summed E-state index contributed by atoms with van der Waals surface area (Å²) in [5.41, 5.74) is 6.07. The van der Waals surface area contributed by atoms with Gasteiger partial charge in [-0.2, -0.15) is 0 Å². The van der Waals surface area contributed by atoms with Crippen LogP contribution in [0.15, 0.2) is 24.3 Å². The topological polar surface area (TPSA) is 113 Å². The van der Waals surface area contributed by atoms with Crippen molar-refractivity contribution in [2.75, 3.05) is 25.0 Å². The third-order valence-corrected chi connectivity index (χ3v) is 4.71. The van der Waals surface area contributed by atoms with Gasteiger partial charge in [0.1, 0.15) is 0 Å². The number of nitrogens with two attached hydrogens (primary N) is 1. The monoisotopic (exact) mass is 360 g/mol. The van der Waals surface area contributed by atoms with Crippen LogP contribution >= 0.6 is 0 Å². The largest absolute Gasteiger partial charge is 0.370 e. The minimum absolute atomic E-state index is 0.0469. The van der Waals surface area contributed by atoms with E-state index in [9.17, 15) is 14.4 Å². The number of anilines is 1. The average Bonchev–Trinajstić information content (AvgIpc) is 2.62. The van der Waals surface area contributed by atoms with E-state index in [1.54, 1.807) is 24.3 Å². The Bertz CT molecular complexity index is 641. The maximum Gasteiger partial charge on any atom is 0.251 e. The van der Waals surface area contributed by atoms with E-state index >= 15 is 0 Å². The summed E-state index contributed by atoms with van der Waals surface area (Å²) < 4.78 is 0. The van der Waals surface area contributed by atoms with Gasteiger partial charge < -0.3 is 21.7 Å². The number of primary amides is 1. The molecular weight excluding hydrogens is 332 g/mol. The van der Waals surface area contributed by atoms with Crippen molar-refractivity contribution in [2.24, 2.45) is 17.6 Å². The van der Waals surface area contributed by atoms with Crippen molar-refractivity contribution in [3.63, 3.8) is 0 Å². The second-order valence-electron chi connectivity index (χ2n) is 6.89. The number of piperidine rings is 1. The van der Waals surface area contributed by atoms with Gasteiger partial charge in [-0.3, -0.25) is 14.4 Å². The van der Waals surface area contributed by atoms with Crippen LogP contribution in [0.5, 0.6) is 0 Å². The summed E-state index contributed by atoms with van der Waals surface area (Å²) in [5.74, 6) is 0.0203. The molecule has 7 nitrogen and oxygen atoms in total. The van der Waals surface area contributed by atoms with Crippen molar-refractivity contribution < 1.29 is 14.4 Å². The maximum atomic E-state index is 12.3. The molecule has 26 heavy (non-hydrogen) atoms. The summed E-state index contributed by atoms with van der Waals surface area (Å²) in [6.45, 7) is 4.33. The molecule has 142 valence electrons. The molecule has 0 radical (unpaired) electrons. The van der Waals surface area contributed by atoms with Gasteiger partial charge >= 0.3 is 0 Å². The third kappa shape index (κ3) is 6.48.